The average Bonchev–Trinajstić information content (AvgIpc) is 2.57. The molecule has 0 bridgehead atoms. The first-order valence-electron chi connectivity index (χ1n) is 7.76. The van der Waals surface area contributed by atoms with Crippen LogP contribution in [-0.4, -0.2) is 29.8 Å². The van der Waals surface area contributed by atoms with Crippen molar-refractivity contribution in [2.45, 2.75) is 24.8 Å². The molecule has 0 heterocycles. The van der Waals surface area contributed by atoms with E-state index in [1.807, 2.05) is 44.2 Å². The van der Waals surface area contributed by atoms with Gasteiger partial charge in [-0.3, -0.25) is 4.79 Å². The fraction of sp³-hybridized carbons (Fsp3) is 0.263. The molecule has 0 saturated heterocycles. The summed E-state index contributed by atoms with van der Waals surface area (Å²) in [5, 5.41) is 12.1. The van der Waals surface area contributed by atoms with Crippen LogP contribution in [0.4, 0.5) is 0 Å². The number of carbonyl (C=O) groups is 2. The molecule has 0 aromatic heterocycles. The average molecular weight is 359 g/mol. The molecule has 0 spiro atoms. The molecule has 2 N–H and O–H groups in total. The van der Waals surface area contributed by atoms with Crippen LogP contribution in [0.3, 0.4) is 0 Å². The van der Waals surface area contributed by atoms with E-state index in [-0.39, 0.29) is 11.7 Å². The number of hydrogen-bond donors (Lipinski definition) is 2. The highest BCUT2D eigenvalue weighted by Gasteiger charge is 2.22. The molecule has 2 rings (SSSR count). The van der Waals surface area contributed by atoms with E-state index in [0.29, 0.717) is 5.56 Å². The second kappa shape index (κ2) is 8.58. The van der Waals surface area contributed by atoms with Crippen LogP contribution in [0.1, 0.15) is 22.7 Å². The fourth-order valence-corrected chi connectivity index (χ4v) is 3.20. The van der Waals surface area contributed by atoms with Gasteiger partial charge in [-0.25, -0.2) is 4.79 Å². The molecule has 0 fully saturated rings. The summed E-state index contributed by atoms with van der Waals surface area (Å²) in [6.07, 6.45) is 0. The van der Waals surface area contributed by atoms with Gasteiger partial charge >= 0.3 is 5.97 Å². The number of methoxy groups -OCH3 is 1. The third-order valence-electron chi connectivity index (χ3n) is 3.56. The van der Waals surface area contributed by atoms with Crippen LogP contribution >= 0.6 is 11.8 Å². The third-order valence-corrected chi connectivity index (χ3v) is 4.57. The molecule has 1 unspecified atom stereocenters. The molecule has 132 valence electrons. The van der Waals surface area contributed by atoms with E-state index in [2.05, 4.69) is 5.32 Å². The van der Waals surface area contributed by atoms with E-state index in [1.165, 1.54) is 11.8 Å². The molecule has 0 aliphatic carbocycles. The highest BCUT2D eigenvalue weighted by molar-refractivity contribution is 8.00. The highest BCUT2D eigenvalue weighted by Crippen LogP contribution is 2.22. The Labute approximate surface area is 151 Å². The molecule has 1 amide bonds. The first kappa shape index (κ1) is 18.9. The lowest BCUT2D eigenvalue weighted by Crippen LogP contribution is -2.34. The summed E-state index contributed by atoms with van der Waals surface area (Å²) < 4.78 is 5.09. The minimum Gasteiger partial charge on any atom is -0.497 e. The predicted molar refractivity (Wildman–Crippen MR) is 98.2 cm³/mol. The molecule has 25 heavy (non-hydrogen) atoms. The van der Waals surface area contributed by atoms with E-state index < -0.39 is 12.0 Å². The number of nitrogens with one attached hydrogen (secondary N) is 1. The second-order valence-electron chi connectivity index (χ2n) is 5.72. The number of benzene rings is 2. The van der Waals surface area contributed by atoms with Crippen molar-refractivity contribution >= 4 is 23.6 Å². The Balaban J connectivity index is 2.01. The van der Waals surface area contributed by atoms with Gasteiger partial charge < -0.3 is 15.2 Å². The van der Waals surface area contributed by atoms with Gasteiger partial charge in [-0.1, -0.05) is 29.3 Å². The zero-order valence-electron chi connectivity index (χ0n) is 14.4. The van der Waals surface area contributed by atoms with Crippen LogP contribution in [-0.2, 0) is 9.59 Å². The summed E-state index contributed by atoms with van der Waals surface area (Å²) in [5.74, 6) is -0.518. The number of aliphatic carboxylic acids is 1. The van der Waals surface area contributed by atoms with Crippen LogP contribution in [0.25, 0.3) is 0 Å². The Morgan fingerprint density at radius 2 is 1.72 bits per heavy atom. The molecule has 5 nitrogen and oxygen atoms in total. The predicted octanol–water partition coefficient (Wildman–Crippen LogP) is 3.35. The number of aryl methyl sites for hydroxylation is 2. The van der Waals surface area contributed by atoms with Gasteiger partial charge in [-0.05, 0) is 43.7 Å². The maximum atomic E-state index is 12.2. The Kier molecular flexibility index (Phi) is 6.47. The number of hydrogen-bond acceptors (Lipinski definition) is 4. The van der Waals surface area contributed by atoms with Crippen LogP contribution < -0.4 is 10.1 Å². The van der Waals surface area contributed by atoms with Crippen molar-refractivity contribution in [2.75, 3.05) is 12.9 Å². The maximum absolute atomic E-state index is 12.2. The summed E-state index contributed by atoms with van der Waals surface area (Å²) in [5.41, 5.74) is 2.50. The Bertz CT molecular complexity index is 738. The van der Waals surface area contributed by atoms with Crippen LogP contribution in [0.5, 0.6) is 5.75 Å². The third kappa shape index (κ3) is 5.53. The molecule has 1 atom stereocenters. The molecule has 2 aromatic carbocycles. The summed E-state index contributed by atoms with van der Waals surface area (Å²) in [7, 11) is 1.59. The molecular weight excluding hydrogens is 338 g/mol. The minimum absolute atomic E-state index is 0.140. The van der Waals surface area contributed by atoms with E-state index in [9.17, 15) is 14.7 Å². The van der Waals surface area contributed by atoms with Gasteiger partial charge in [0.15, 0.2) is 6.04 Å². The van der Waals surface area contributed by atoms with Crippen molar-refractivity contribution in [1.82, 2.24) is 5.32 Å². The lowest BCUT2D eigenvalue weighted by Gasteiger charge is -2.16. The number of carboxylic acids is 1. The lowest BCUT2D eigenvalue weighted by molar-refractivity contribution is -0.141. The van der Waals surface area contributed by atoms with E-state index in [4.69, 9.17) is 4.74 Å². The summed E-state index contributed by atoms with van der Waals surface area (Å²) in [6, 6.07) is 11.8. The zero-order chi connectivity index (χ0) is 18.4. The second-order valence-corrected chi connectivity index (χ2v) is 6.77. The molecular formula is C19H21NO4S. The number of carbonyl (C=O) groups excluding carboxylic acids is 1. The zero-order valence-corrected chi connectivity index (χ0v) is 15.2. The molecule has 0 aliphatic heterocycles. The largest absolute Gasteiger partial charge is 0.497 e. The van der Waals surface area contributed by atoms with Gasteiger partial charge in [-0.15, -0.1) is 11.8 Å². The summed E-state index contributed by atoms with van der Waals surface area (Å²) in [4.78, 5) is 24.7. The van der Waals surface area contributed by atoms with Crippen molar-refractivity contribution in [1.29, 1.82) is 0 Å². The molecule has 0 radical (unpaired) electrons. The standard InChI is InChI=1S/C19H21NO4S/c1-12-8-13(2)10-14(9-12)18(19(22)23)20-17(21)11-25-16-6-4-15(24-3)5-7-16/h4-10,18H,11H2,1-3H3,(H,20,21)(H,22,23). The van der Waals surface area contributed by atoms with Gasteiger partial charge in [0.25, 0.3) is 0 Å². The van der Waals surface area contributed by atoms with E-state index >= 15 is 0 Å². The van der Waals surface area contributed by atoms with Crippen LogP contribution in [0.2, 0.25) is 0 Å². The number of carboxylic acid groups (broad SMARTS) is 1. The highest BCUT2D eigenvalue weighted by atomic mass is 32.2. The lowest BCUT2D eigenvalue weighted by atomic mass is 10.0. The molecule has 2 aromatic rings. The number of thioether (sulfide) groups is 1. The van der Waals surface area contributed by atoms with Crippen molar-refractivity contribution in [3.8, 4) is 5.75 Å². The van der Waals surface area contributed by atoms with E-state index in [1.54, 1.807) is 19.2 Å². The summed E-state index contributed by atoms with van der Waals surface area (Å²) in [6.45, 7) is 3.80. The number of ether oxygens (including phenoxy) is 1. The number of amides is 1. The van der Waals surface area contributed by atoms with Gasteiger partial charge in [0.05, 0.1) is 12.9 Å². The van der Waals surface area contributed by atoms with Gasteiger partial charge in [0.1, 0.15) is 5.75 Å². The first-order chi connectivity index (χ1) is 11.9. The number of rotatable bonds is 7. The molecule has 6 heteroatoms. The fourth-order valence-electron chi connectivity index (χ4n) is 2.49. The smallest absolute Gasteiger partial charge is 0.330 e. The van der Waals surface area contributed by atoms with Gasteiger partial charge in [-0.2, -0.15) is 0 Å². The molecule has 0 aliphatic rings. The van der Waals surface area contributed by atoms with Gasteiger partial charge in [0, 0.05) is 4.90 Å². The van der Waals surface area contributed by atoms with Crippen LogP contribution in [0.15, 0.2) is 47.4 Å². The summed E-state index contributed by atoms with van der Waals surface area (Å²) >= 11 is 1.34. The van der Waals surface area contributed by atoms with Crippen molar-refractivity contribution in [3.05, 3.63) is 59.2 Å². The minimum atomic E-state index is -1.08. The topological polar surface area (TPSA) is 75.6 Å². The van der Waals surface area contributed by atoms with Crippen molar-refractivity contribution < 1.29 is 19.4 Å². The van der Waals surface area contributed by atoms with Gasteiger partial charge in [0.2, 0.25) is 5.91 Å². The van der Waals surface area contributed by atoms with Crippen LogP contribution in [0, 0.1) is 13.8 Å². The Morgan fingerprint density at radius 1 is 1.12 bits per heavy atom. The Morgan fingerprint density at radius 3 is 2.24 bits per heavy atom. The first-order valence-corrected chi connectivity index (χ1v) is 8.75. The maximum Gasteiger partial charge on any atom is 0.330 e. The quantitative estimate of drug-likeness (QED) is 0.742. The van der Waals surface area contributed by atoms with E-state index in [0.717, 1.165) is 21.8 Å². The monoisotopic (exact) mass is 359 g/mol. The van der Waals surface area contributed by atoms with Crippen molar-refractivity contribution in [2.24, 2.45) is 0 Å². The molecule has 0 saturated carbocycles. The normalized spacial score (nSPS) is 11.6. The Hall–Kier alpha value is -2.47. The SMILES string of the molecule is COc1ccc(SCC(=O)NC(C(=O)O)c2cc(C)cc(C)c2)cc1. The van der Waals surface area contributed by atoms with Crippen molar-refractivity contribution in [3.63, 3.8) is 0 Å².